The van der Waals surface area contributed by atoms with E-state index in [0.29, 0.717) is 5.92 Å². The second-order valence-electron chi connectivity index (χ2n) is 5.14. The predicted molar refractivity (Wildman–Crippen MR) is 70.8 cm³/mol. The van der Waals surface area contributed by atoms with Gasteiger partial charge in [-0.2, -0.15) is 0 Å². The Morgan fingerprint density at radius 3 is 2.88 bits per heavy atom. The molecule has 3 heteroatoms. The highest BCUT2D eigenvalue weighted by atomic mass is 35.5. The highest BCUT2D eigenvalue weighted by molar-refractivity contribution is 6.23. The summed E-state index contributed by atoms with van der Waals surface area (Å²) in [5.41, 5.74) is 1.55. The third-order valence-corrected chi connectivity index (χ3v) is 4.61. The van der Waals surface area contributed by atoms with Crippen molar-refractivity contribution in [1.82, 2.24) is 0 Å². The third kappa shape index (κ3) is 1.62. The molecule has 0 amide bonds. The molecule has 4 atom stereocenters. The van der Waals surface area contributed by atoms with Crippen molar-refractivity contribution in [3.8, 4) is 0 Å². The largest absolute Gasteiger partial charge is 0.268 e. The Bertz CT molecular complexity index is 324. The first-order chi connectivity index (χ1) is 7.65. The summed E-state index contributed by atoms with van der Waals surface area (Å²) in [5, 5.41) is 0.218. The van der Waals surface area contributed by atoms with E-state index in [9.17, 15) is 0 Å². The first kappa shape index (κ1) is 12.1. The highest BCUT2D eigenvalue weighted by Crippen LogP contribution is 2.52. The molecule has 2 nitrogen and oxygen atoms in total. The van der Waals surface area contributed by atoms with Crippen molar-refractivity contribution < 1.29 is 0 Å². The molecule has 0 saturated heterocycles. The molecule has 2 rings (SSSR count). The fourth-order valence-corrected chi connectivity index (χ4v) is 3.86. The summed E-state index contributed by atoms with van der Waals surface area (Å²) in [6, 6.07) is 0.283. The zero-order valence-electron chi connectivity index (χ0n) is 10.4. The van der Waals surface area contributed by atoms with Crippen LogP contribution in [-0.2, 0) is 0 Å². The van der Waals surface area contributed by atoms with Crippen LogP contribution >= 0.6 is 11.6 Å². The van der Waals surface area contributed by atoms with Crippen LogP contribution in [0.15, 0.2) is 9.98 Å². The van der Waals surface area contributed by atoms with Crippen molar-refractivity contribution in [2.75, 3.05) is 0 Å². The number of nitrogens with zero attached hydrogens (tertiary/aromatic N) is 2. The minimum atomic E-state index is 0.190. The summed E-state index contributed by atoms with van der Waals surface area (Å²) in [6.45, 7) is 6.76. The Labute approximate surface area is 103 Å². The maximum Gasteiger partial charge on any atom is 0.110 e. The van der Waals surface area contributed by atoms with E-state index in [4.69, 9.17) is 11.6 Å². The minimum absolute atomic E-state index is 0.190. The van der Waals surface area contributed by atoms with Gasteiger partial charge in [-0.1, -0.05) is 27.2 Å². The minimum Gasteiger partial charge on any atom is -0.268 e. The quantitative estimate of drug-likeness (QED) is 0.670. The van der Waals surface area contributed by atoms with Crippen LogP contribution in [0.1, 0.15) is 46.5 Å². The van der Waals surface area contributed by atoms with Crippen LogP contribution in [0.3, 0.4) is 0 Å². The summed E-state index contributed by atoms with van der Waals surface area (Å²) in [7, 11) is 0. The lowest BCUT2D eigenvalue weighted by atomic mass is 9.57. The van der Waals surface area contributed by atoms with Gasteiger partial charge in [0.15, 0.2) is 0 Å². The van der Waals surface area contributed by atoms with Crippen LogP contribution in [0.4, 0.5) is 0 Å². The van der Waals surface area contributed by atoms with E-state index in [1.165, 1.54) is 18.6 Å². The molecule has 1 saturated carbocycles. The van der Waals surface area contributed by atoms with Gasteiger partial charge in [-0.05, 0) is 25.2 Å². The molecule has 1 aliphatic carbocycles. The number of alkyl halides is 1. The lowest BCUT2D eigenvalue weighted by molar-refractivity contribution is 0.173. The smallest absolute Gasteiger partial charge is 0.110 e. The van der Waals surface area contributed by atoms with Crippen molar-refractivity contribution in [3.63, 3.8) is 0 Å². The fourth-order valence-electron chi connectivity index (χ4n) is 3.28. The molecule has 2 aliphatic rings. The van der Waals surface area contributed by atoms with Gasteiger partial charge in [0.1, 0.15) is 6.34 Å². The SMILES string of the molecule is CCCC(C)C1=NC=NC2C(Cl)C[C@]12CC. The number of fused-ring (bicyclic) bond motifs is 1. The van der Waals surface area contributed by atoms with Gasteiger partial charge in [-0.3, -0.25) is 4.99 Å². The lowest BCUT2D eigenvalue weighted by Gasteiger charge is -2.53. The summed E-state index contributed by atoms with van der Waals surface area (Å²) in [6.07, 6.45) is 6.33. The fraction of sp³-hybridized carbons (Fsp3) is 0.846. The number of halogens is 1. The summed E-state index contributed by atoms with van der Waals surface area (Å²) >= 11 is 6.27. The van der Waals surface area contributed by atoms with Gasteiger partial charge in [-0.15, -0.1) is 11.6 Å². The normalized spacial score (nSPS) is 38.6. The van der Waals surface area contributed by atoms with E-state index in [-0.39, 0.29) is 16.8 Å². The van der Waals surface area contributed by atoms with Crippen molar-refractivity contribution in [1.29, 1.82) is 0 Å². The van der Waals surface area contributed by atoms with Gasteiger partial charge in [0.25, 0.3) is 0 Å². The van der Waals surface area contributed by atoms with Crippen molar-refractivity contribution >= 4 is 23.7 Å². The first-order valence-electron chi connectivity index (χ1n) is 6.39. The molecule has 1 aliphatic heterocycles. The molecule has 0 aromatic carbocycles. The molecular weight excluding hydrogens is 220 g/mol. The zero-order chi connectivity index (χ0) is 11.8. The van der Waals surface area contributed by atoms with Crippen LogP contribution in [0.25, 0.3) is 0 Å². The van der Waals surface area contributed by atoms with Gasteiger partial charge in [0.2, 0.25) is 0 Å². The lowest BCUT2D eigenvalue weighted by Crippen LogP contribution is -2.59. The second-order valence-corrected chi connectivity index (χ2v) is 5.70. The number of rotatable bonds is 4. The van der Waals surface area contributed by atoms with Gasteiger partial charge < -0.3 is 0 Å². The van der Waals surface area contributed by atoms with Crippen molar-refractivity contribution in [2.45, 2.75) is 57.9 Å². The third-order valence-electron chi connectivity index (χ3n) is 4.22. The first-order valence-corrected chi connectivity index (χ1v) is 6.83. The molecule has 1 heterocycles. The molecule has 1 fully saturated rings. The maximum atomic E-state index is 6.27. The van der Waals surface area contributed by atoms with Crippen LogP contribution < -0.4 is 0 Å². The van der Waals surface area contributed by atoms with Gasteiger partial charge >= 0.3 is 0 Å². The number of hydrogen-bond acceptors (Lipinski definition) is 2. The van der Waals surface area contributed by atoms with Crippen LogP contribution in [0.2, 0.25) is 0 Å². The molecule has 0 bridgehead atoms. The molecule has 0 spiro atoms. The monoisotopic (exact) mass is 240 g/mol. The van der Waals surface area contributed by atoms with Crippen molar-refractivity contribution in [2.24, 2.45) is 21.3 Å². The van der Waals surface area contributed by atoms with Crippen LogP contribution in [0.5, 0.6) is 0 Å². The van der Waals surface area contributed by atoms with Gasteiger partial charge in [0, 0.05) is 11.1 Å². The van der Waals surface area contributed by atoms with E-state index < -0.39 is 0 Å². The Morgan fingerprint density at radius 1 is 1.56 bits per heavy atom. The summed E-state index contributed by atoms with van der Waals surface area (Å²) < 4.78 is 0. The van der Waals surface area contributed by atoms with E-state index in [0.717, 1.165) is 12.8 Å². The Kier molecular flexibility index (Phi) is 3.39. The molecular formula is C13H21ClN2. The zero-order valence-corrected chi connectivity index (χ0v) is 11.2. The van der Waals surface area contributed by atoms with Crippen LogP contribution in [-0.4, -0.2) is 23.5 Å². The molecule has 0 N–H and O–H groups in total. The van der Waals surface area contributed by atoms with E-state index in [1.54, 1.807) is 6.34 Å². The predicted octanol–water partition coefficient (Wildman–Crippen LogP) is 3.68. The average molecular weight is 241 g/mol. The Morgan fingerprint density at radius 2 is 2.31 bits per heavy atom. The molecule has 90 valence electrons. The Balaban J connectivity index is 2.23. The number of hydrogen-bond donors (Lipinski definition) is 0. The standard InChI is InChI=1S/C13H21ClN2/c1-4-6-9(3)11-13(5-2)7-10(14)12(13)16-8-15-11/h8-10,12H,4-7H2,1-3H3/t9?,10?,12?,13-/m1/s1. The van der Waals surface area contributed by atoms with Gasteiger partial charge in [-0.25, -0.2) is 4.99 Å². The second kappa shape index (κ2) is 4.48. The Hall–Kier alpha value is -0.370. The molecule has 0 aromatic rings. The maximum absolute atomic E-state index is 6.27. The van der Waals surface area contributed by atoms with E-state index >= 15 is 0 Å². The summed E-state index contributed by atoms with van der Waals surface area (Å²) in [5.74, 6) is 0.573. The molecule has 0 radical (unpaired) electrons. The van der Waals surface area contributed by atoms with Crippen LogP contribution in [0, 0.1) is 11.3 Å². The highest BCUT2D eigenvalue weighted by Gasteiger charge is 2.56. The molecule has 16 heavy (non-hydrogen) atoms. The van der Waals surface area contributed by atoms with Gasteiger partial charge in [0.05, 0.1) is 11.4 Å². The number of aliphatic imine (C=N–C) groups is 2. The van der Waals surface area contributed by atoms with Crippen molar-refractivity contribution in [3.05, 3.63) is 0 Å². The summed E-state index contributed by atoms with van der Waals surface area (Å²) in [4.78, 5) is 9.04. The topological polar surface area (TPSA) is 24.7 Å². The molecule has 3 unspecified atom stereocenters. The average Bonchev–Trinajstić information content (AvgIpc) is 2.27. The molecule has 0 aromatic heterocycles. The van der Waals surface area contributed by atoms with E-state index in [1.807, 2.05) is 0 Å². The van der Waals surface area contributed by atoms with E-state index in [2.05, 4.69) is 30.8 Å².